The van der Waals surface area contributed by atoms with Crippen LogP contribution in [0.3, 0.4) is 0 Å². The predicted octanol–water partition coefficient (Wildman–Crippen LogP) is 3.30. The highest BCUT2D eigenvalue weighted by atomic mass is 32.2. The summed E-state index contributed by atoms with van der Waals surface area (Å²) in [5, 5.41) is 7.57. The van der Waals surface area contributed by atoms with Gasteiger partial charge in [0.1, 0.15) is 13.2 Å². The Hall–Kier alpha value is -3.37. The normalized spacial score (nSPS) is 16.7. The maximum Gasteiger partial charge on any atom is 0.243 e. The molecule has 10 heteroatoms. The Balaban J connectivity index is 1.26. The molecule has 0 radical (unpaired) electrons. The van der Waals surface area contributed by atoms with Gasteiger partial charge >= 0.3 is 0 Å². The van der Waals surface area contributed by atoms with Crippen LogP contribution in [0.2, 0.25) is 0 Å². The highest BCUT2D eigenvalue weighted by Gasteiger charge is 2.33. The van der Waals surface area contributed by atoms with Gasteiger partial charge in [0.15, 0.2) is 11.5 Å². The van der Waals surface area contributed by atoms with Crippen molar-refractivity contribution in [2.45, 2.75) is 31.6 Å². The first-order valence-corrected chi connectivity index (χ1v) is 13.1. The lowest BCUT2D eigenvalue weighted by molar-refractivity contribution is -0.120. The molecule has 3 aromatic rings. The number of anilines is 1. The van der Waals surface area contributed by atoms with Gasteiger partial charge in [-0.25, -0.2) is 13.1 Å². The van der Waals surface area contributed by atoms with E-state index in [0.717, 1.165) is 17.1 Å². The number of rotatable bonds is 5. The summed E-state index contributed by atoms with van der Waals surface area (Å²) in [4.78, 5) is 13.3. The van der Waals surface area contributed by atoms with Crippen molar-refractivity contribution in [1.29, 1.82) is 0 Å². The first-order valence-electron chi connectivity index (χ1n) is 11.7. The lowest BCUT2D eigenvalue weighted by Crippen LogP contribution is -2.41. The van der Waals surface area contributed by atoms with E-state index in [9.17, 15) is 13.2 Å². The van der Waals surface area contributed by atoms with Gasteiger partial charge in [0, 0.05) is 30.8 Å². The zero-order chi connectivity index (χ0) is 24.6. The van der Waals surface area contributed by atoms with Crippen LogP contribution in [0.4, 0.5) is 5.69 Å². The smallest absolute Gasteiger partial charge is 0.243 e. The molecule has 2 aliphatic rings. The van der Waals surface area contributed by atoms with Crippen molar-refractivity contribution in [3.63, 3.8) is 0 Å². The van der Waals surface area contributed by atoms with E-state index >= 15 is 0 Å². The topological polar surface area (TPSA) is 103 Å². The number of hydrogen-bond acceptors (Lipinski definition) is 6. The summed E-state index contributed by atoms with van der Waals surface area (Å²) >= 11 is 0. The second kappa shape index (κ2) is 9.35. The van der Waals surface area contributed by atoms with Gasteiger partial charge in [-0.05, 0) is 57.0 Å². The summed E-state index contributed by atoms with van der Waals surface area (Å²) in [5.74, 6) is 0.588. The SMILES string of the molecule is Cc1cc(C)n(-c2ccccc2NC(=O)C2CCN(S(=O)(=O)c3ccc4c(c3)OCCO4)CC2)n1. The molecule has 1 saturated heterocycles. The third-order valence-electron chi connectivity index (χ3n) is 6.38. The van der Waals surface area contributed by atoms with Crippen LogP contribution in [0, 0.1) is 19.8 Å². The summed E-state index contributed by atoms with van der Waals surface area (Å²) in [5.41, 5.74) is 3.34. The molecule has 1 aromatic heterocycles. The van der Waals surface area contributed by atoms with E-state index in [0.29, 0.717) is 43.2 Å². The van der Waals surface area contributed by atoms with E-state index in [1.807, 2.05) is 48.9 Å². The van der Waals surface area contributed by atoms with Gasteiger partial charge in [-0.2, -0.15) is 9.40 Å². The largest absolute Gasteiger partial charge is 0.486 e. The van der Waals surface area contributed by atoms with Crippen LogP contribution >= 0.6 is 0 Å². The van der Waals surface area contributed by atoms with Gasteiger partial charge in [0.2, 0.25) is 15.9 Å². The third kappa shape index (κ3) is 4.63. The predicted molar refractivity (Wildman–Crippen MR) is 131 cm³/mol. The summed E-state index contributed by atoms with van der Waals surface area (Å²) in [6, 6.07) is 14.2. The highest BCUT2D eigenvalue weighted by Crippen LogP contribution is 2.34. The molecule has 0 bridgehead atoms. The van der Waals surface area contributed by atoms with Crippen molar-refractivity contribution >= 4 is 21.6 Å². The average Bonchev–Trinajstić information content (AvgIpc) is 3.21. The van der Waals surface area contributed by atoms with Crippen LogP contribution in [-0.4, -0.2) is 54.7 Å². The first-order chi connectivity index (χ1) is 16.8. The summed E-state index contributed by atoms with van der Waals surface area (Å²) in [6.07, 6.45) is 0.884. The van der Waals surface area contributed by atoms with E-state index in [1.165, 1.54) is 16.4 Å². The second-order valence-electron chi connectivity index (χ2n) is 8.83. The number of aryl methyl sites for hydroxylation is 2. The second-order valence-corrected chi connectivity index (χ2v) is 10.8. The minimum absolute atomic E-state index is 0.115. The number of hydrogen-bond donors (Lipinski definition) is 1. The monoisotopic (exact) mass is 496 g/mol. The number of nitrogens with zero attached hydrogens (tertiary/aromatic N) is 3. The number of ether oxygens (including phenoxy) is 2. The minimum atomic E-state index is -3.69. The van der Waals surface area contributed by atoms with Gasteiger partial charge in [0.05, 0.1) is 22.0 Å². The molecule has 1 fully saturated rings. The van der Waals surface area contributed by atoms with E-state index < -0.39 is 10.0 Å². The van der Waals surface area contributed by atoms with Crippen LogP contribution in [0.15, 0.2) is 53.4 Å². The first kappa shape index (κ1) is 23.4. The molecule has 35 heavy (non-hydrogen) atoms. The fraction of sp³-hybridized carbons (Fsp3) is 0.360. The van der Waals surface area contributed by atoms with Gasteiger partial charge in [-0.3, -0.25) is 4.79 Å². The van der Waals surface area contributed by atoms with Crippen molar-refractivity contribution in [1.82, 2.24) is 14.1 Å². The van der Waals surface area contributed by atoms with Crippen LogP contribution < -0.4 is 14.8 Å². The third-order valence-corrected chi connectivity index (χ3v) is 8.27. The molecule has 0 saturated carbocycles. The average molecular weight is 497 g/mol. The highest BCUT2D eigenvalue weighted by molar-refractivity contribution is 7.89. The number of sulfonamides is 1. The molecule has 9 nitrogen and oxygen atoms in total. The van der Waals surface area contributed by atoms with Crippen LogP contribution in [0.25, 0.3) is 5.69 Å². The van der Waals surface area contributed by atoms with Gasteiger partial charge < -0.3 is 14.8 Å². The summed E-state index contributed by atoms with van der Waals surface area (Å²) < 4.78 is 40.7. The quantitative estimate of drug-likeness (QED) is 0.582. The molecular weight excluding hydrogens is 468 g/mol. The maximum absolute atomic E-state index is 13.2. The Morgan fingerprint density at radius 3 is 2.43 bits per heavy atom. The molecule has 1 amide bonds. The van der Waals surface area contributed by atoms with Gasteiger partial charge in [-0.15, -0.1) is 0 Å². The number of para-hydroxylation sites is 2. The maximum atomic E-state index is 13.2. The molecule has 1 N–H and O–H groups in total. The molecule has 3 heterocycles. The number of nitrogens with one attached hydrogen (secondary N) is 1. The molecule has 2 aromatic carbocycles. The molecule has 0 unspecified atom stereocenters. The van der Waals surface area contributed by atoms with Crippen LogP contribution in [0.5, 0.6) is 11.5 Å². The molecule has 5 rings (SSSR count). The van der Waals surface area contributed by atoms with Crippen molar-refractivity contribution in [3.05, 3.63) is 59.9 Å². The van der Waals surface area contributed by atoms with E-state index in [1.54, 1.807) is 6.07 Å². The lowest BCUT2D eigenvalue weighted by Gasteiger charge is -2.31. The Morgan fingerprint density at radius 2 is 1.71 bits per heavy atom. The Bertz CT molecular complexity index is 1360. The van der Waals surface area contributed by atoms with Gasteiger partial charge in [0.25, 0.3) is 0 Å². The van der Waals surface area contributed by atoms with Crippen molar-refractivity contribution in [2.75, 3.05) is 31.6 Å². The number of amides is 1. The molecular formula is C25H28N4O5S. The molecule has 184 valence electrons. The zero-order valence-electron chi connectivity index (χ0n) is 19.7. The number of fused-ring (bicyclic) bond motifs is 1. The van der Waals surface area contributed by atoms with E-state index in [2.05, 4.69) is 10.4 Å². The number of piperidine rings is 1. The lowest BCUT2D eigenvalue weighted by atomic mass is 9.97. The van der Waals surface area contributed by atoms with Crippen molar-refractivity contribution in [3.8, 4) is 17.2 Å². The van der Waals surface area contributed by atoms with Crippen molar-refractivity contribution in [2.24, 2.45) is 5.92 Å². The molecule has 0 atom stereocenters. The van der Waals surface area contributed by atoms with Crippen LogP contribution in [0.1, 0.15) is 24.2 Å². The molecule has 0 spiro atoms. The van der Waals surface area contributed by atoms with E-state index in [4.69, 9.17) is 9.47 Å². The Labute approximate surface area is 204 Å². The number of benzene rings is 2. The fourth-order valence-corrected chi connectivity index (χ4v) is 6.05. The van der Waals surface area contributed by atoms with Crippen molar-refractivity contribution < 1.29 is 22.7 Å². The summed E-state index contributed by atoms with van der Waals surface area (Å²) in [7, 11) is -3.69. The zero-order valence-corrected chi connectivity index (χ0v) is 20.5. The van der Waals surface area contributed by atoms with Crippen LogP contribution in [-0.2, 0) is 14.8 Å². The Morgan fingerprint density at radius 1 is 1.00 bits per heavy atom. The number of carbonyl (C=O) groups is 1. The standard InChI is InChI=1S/C25H28N4O5S/c1-17-15-18(2)29(27-17)22-6-4-3-5-21(22)26-25(30)19-9-11-28(12-10-19)35(31,32)20-7-8-23-24(16-20)34-14-13-33-23/h3-8,15-16,19H,9-14H2,1-2H3,(H,26,30). The number of carbonyl (C=O) groups excluding carboxylic acids is 1. The minimum Gasteiger partial charge on any atom is -0.486 e. The fourth-order valence-electron chi connectivity index (χ4n) is 4.56. The van der Waals surface area contributed by atoms with Gasteiger partial charge in [-0.1, -0.05) is 12.1 Å². The molecule has 0 aliphatic carbocycles. The Kier molecular flexibility index (Phi) is 6.24. The van der Waals surface area contributed by atoms with E-state index in [-0.39, 0.29) is 29.8 Å². The molecule has 2 aliphatic heterocycles. The number of aromatic nitrogens is 2. The summed E-state index contributed by atoms with van der Waals surface area (Å²) in [6.45, 7) is 5.27.